The maximum Gasteiger partial charge on any atom is 0.222 e. The van der Waals surface area contributed by atoms with Crippen LogP contribution in [-0.2, 0) is 4.79 Å². The second-order valence-electron chi connectivity index (χ2n) is 5.42. The van der Waals surface area contributed by atoms with Crippen molar-refractivity contribution in [1.82, 2.24) is 10.2 Å². The van der Waals surface area contributed by atoms with E-state index in [0.29, 0.717) is 12.5 Å². The van der Waals surface area contributed by atoms with E-state index in [9.17, 15) is 4.79 Å². The number of hydrogen-bond acceptors (Lipinski definition) is 2. The lowest BCUT2D eigenvalue weighted by Crippen LogP contribution is -2.31. The highest BCUT2D eigenvalue weighted by Crippen LogP contribution is 2.20. The Hall–Kier alpha value is -1.35. The third kappa shape index (κ3) is 3.80. The number of nitrogens with zero attached hydrogens (tertiary/aromatic N) is 1. The van der Waals surface area contributed by atoms with Gasteiger partial charge in [0.05, 0.1) is 6.04 Å². The van der Waals surface area contributed by atoms with Gasteiger partial charge in [-0.3, -0.25) is 4.79 Å². The Morgan fingerprint density at radius 2 is 2.16 bits per heavy atom. The van der Waals surface area contributed by atoms with Gasteiger partial charge < -0.3 is 10.2 Å². The van der Waals surface area contributed by atoms with Crippen LogP contribution in [0.25, 0.3) is 0 Å². The summed E-state index contributed by atoms with van der Waals surface area (Å²) in [4.78, 5) is 14.1. The first-order valence-corrected chi connectivity index (χ1v) is 7.22. The van der Waals surface area contributed by atoms with Crippen molar-refractivity contribution in [3.05, 3.63) is 35.9 Å². The van der Waals surface area contributed by atoms with Crippen LogP contribution in [0, 0.1) is 0 Å². The number of hydrogen-bond donors (Lipinski definition) is 1. The van der Waals surface area contributed by atoms with E-state index in [-0.39, 0.29) is 11.9 Å². The first kappa shape index (κ1) is 14.1. The quantitative estimate of drug-likeness (QED) is 0.883. The van der Waals surface area contributed by atoms with Crippen molar-refractivity contribution in [2.45, 2.75) is 44.7 Å². The molecule has 1 N–H and O–H groups in total. The molecule has 0 bridgehead atoms. The number of carbonyl (C=O) groups excluding carboxylic acids is 1. The Labute approximate surface area is 116 Å². The smallest absolute Gasteiger partial charge is 0.222 e. The third-order valence-corrected chi connectivity index (χ3v) is 4.13. The minimum Gasteiger partial charge on any atom is -0.339 e. The average molecular weight is 260 g/mol. The van der Waals surface area contributed by atoms with Crippen molar-refractivity contribution in [2.24, 2.45) is 0 Å². The summed E-state index contributed by atoms with van der Waals surface area (Å²) < 4.78 is 0. The van der Waals surface area contributed by atoms with E-state index in [1.165, 1.54) is 18.4 Å². The zero-order valence-corrected chi connectivity index (χ0v) is 11.9. The van der Waals surface area contributed by atoms with E-state index >= 15 is 0 Å². The summed E-state index contributed by atoms with van der Waals surface area (Å²) in [6.07, 6.45) is 4.07. The molecule has 104 valence electrons. The van der Waals surface area contributed by atoms with E-state index in [1.54, 1.807) is 0 Å². The summed E-state index contributed by atoms with van der Waals surface area (Å²) in [5, 5.41) is 3.44. The number of benzene rings is 1. The van der Waals surface area contributed by atoms with Gasteiger partial charge in [-0.25, -0.2) is 0 Å². The number of amides is 1. The standard InChI is InChI=1S/C16H24N2O/c1-13(14-7-4-3-5-8-14)18(2)16(19)11-10-15-9-6-12-17-15/h3-5,7-8,13,15,17H,6,9-12H2,1-2H3. The van der Waals surface area contributed by atoms with Gasteiger partial charge in [0.15, 0.2) is 0 Å². The fraction of sp³-hybridized carbons (Fsp3) is 0.562. The molecule has 3 heteroatoms. The predicted molar refractivity (Wildman–Crippen MR) is 77.9 cm³/mol. The maximum atomic E-state index is 12.2. The molecule has 0 spiro atoms. The minimum absolute atomic E-state index is 0.144. The Kier molecular flexibility index (Phi) is 4.97. The summed E-state index contributed by atoms with van der Waals surface area (Å²) in [7, 11) is 1.90. The van der Waals surface area contributed by atoms with Crippen LogP contribution in [0.15, 0.2) is 30.3 Å². The molecule has 1 aliphatic heterocycles. The predicted octanol–water partition coefficient (Wildman–Crippen LogP) is 2.74. The monoisotopic (exact) mass is 260 g/mol. The van der Waals surface area contributed by atoms with E-state index in [4.69, 9.17) is 0 Å². The Balaban J connectivity index is 1.84. The minimum atomic E-state index is 0.144. The number of rotatable bonds is 5. The molecule has 1 fully saturated rings. The molecule has 0 aliphatic carbocycles. The van der Waals surface area contributed by atoms with Gasteiger partial charge >= 0.3 is 0 Å². The number of carbonyl (C=O) groups is 1. The molecular weight excluding hydrogens is 236 g/mol. The molecule has 1 heterocycles. The molecule has 1 saturated heterocycles. The first-order chi connectivity index (χ1) is 9.18. The van der Waals surface area contributed by atoms with Crippen LogP contribution >= 0.6 is 0 Å². The molecule has 1 aromatic carbocycles. The summed E-state index contributed by atoms with van der Waals surface area (Å²) in [6.45, 7) is 3.19. The van der Waals surface area contributed by atoms with Gasteiger partial charge in [0.1, 0.15) is 0 Å². The van der Waals surface area contributed by atoms with Gasteiger partial charge in [0, 0.05) is 19.5 Å². The Bertz CT molecular complexity index is 398. The molecule has 1 aliphatic rings. The van der Waals surface area contributed by atoms with Crippen molar-refractivity contribution < 1.29 is 4.79 Å². The third-order valence-electron chi connectivity index (χ3n) is 4.13. The van der Waals surface area contributed by atoms with Crippen LogP contribution in [0.2, 0.25) is 0 Å². The fourth-order valence-corrected chi connectivity index (χ4v) is 2.65. The van der Waals surface area contributed by atoms with E-state index in [2.05, 4.69) is 24.4 Å². The highest BCUT2D eigenvalue weighted by molar-refractivity contribution is 5.76. The molecule has 2 unspecified atom stereocenters. The van der Waals surface area contributed by atoms with Crippen molar-refractivity contribution in [3.63, 3.8) is 0 Å². The molecule has 0 saturated carbocycles. The Morgan fingerprint density at radius 1 is 1.42 bits per heavy atom. The van der Waals surface area contributed by atoms with E-state index in [1.807, 2.05) is 30.1 Å². The highest BCUT2D eigenvalue weighted by atomic mass is 16.2. The van der Waals surface area contributed by atoms with Crippen LogP contribution in [0.4, 0.5) is 0 Å². The first-order valence-electron chi connectivity index (χ1n) is 7.22. The lowest BCUT2D eigenvalue weighted by Gasteiger charge is -2.26. The van der Waals surface area contributed by atoms with Gasteiger partial charge in [0.25, 0.3) is 0 Å². The van der Waals surface area contributed by atoms with Crippen LogP contribution < -0.4 is 5.32 Å². The largest absolute Gasteiger partial charge is 0.339 e. The van der Waals surface area contributed by atoms with Crippen LogP contribution in [0.5, 0.6) is 0 Å². The lowest BCUT2D eigenvalue weighted by atomic mass is 10.1. The van der Waals surface area contributed by atoms with Gasteiger partial charge in [-0.2, -0.15) is 0 Å². The van der Waals surface area contributed by atoms with Crippen LogP contribution in [0.3, 0.4) is 0 Å². The summed E-state index contributed by atoms with van der Waals surface area (Å²) in [6, 6.07) is 10.9. The SMILES string of the molecule is CC(c1ccccc1)N(C)C(=O)CCC1CCCN1. The van der Waals surface area contributed by atoms with Gasteiger partial charge in [-0.1, -0.05) is 30.3 Å². The fourth-order valence-electron chi connectivity index (χ4n) is 2.65. The van der Waals surface area contributed by atoms with E-state index < -0.39 is 0 Å². The molecule has 3 nitrogen and oxygen atoms in total. The summed E-state index contributed by atoms with van der Waals surface area (Å²) in [5.74, 6) is 0.241. The topological polar surface area (TPSA) is 32.3 Å². The molecule has 1 amide bonds. The molecule has 0 radical (unpaired) electrons. The molecule has 1 aromatic rings. The van der Waals surface area contributed by atoms with Crippen molar-refractivity contribution in [1.29, 1.82) is 0 Å². The van der Waals surface area contributed by atoms with Crippen LogP contribution in [-0.4, -0.2) is 30.4 Å². The van der Waals surface area contributed by atoms with Crippen molar-refractivity contribution in [3.8, 4) is 0 Å². The second-order valence-corrected chi connectivity index (χ2v) is 5.42. The van der Waals surface area contributed by atoms with E-state index in [0.717, 1.165) is 13.0 Å². The van der Waals surface area contributed by atoms with Gasteiger partial charge in [-0.05, 0) is 38.3 Å². The van der Waals surface area contributed by atoms with Gasteiger partial charge in [0.2, 0.25) is 5.91 Å². The molecule has 2 atom stereocenters. The van der Waals surface area contributed by atoms with Crippen molar-refractivity contribution >= 4 is 5.91 Å². The van der Waals surface area contributed by atoms with Crippen molar-refractivity contribution in [2.75, 3.05) is 13.6 Å². The summed E-state index contributed by atoms with van der Waals surface area (Å²) >= 11 is 0. The second kappa shape index (κ2) is 6.71. The zero-order chi connectivity index (χ0) is 13.7. The molecule has 19 heavy (non-hydrogen) atoms. The molecule has 0 aromatic heterocycles. The molecular formula is C16H24N2O. The maximum absolute atomic E-state index is 12.2. The van der Waals surface area contributed by atoms with Crippen LogP contribution in [0.1, 0.15) is 44.2 Å². The lowest BCUT2D eigenvalue weighted by molar-refractivity contribution is -0.132. The number of nitrogens with one attached hydrogen (secondary N) is 1. The highest BCUT2D eigenvalue weighted by Gasteiger charge is 2.20. The summed E-state index contributed by atoms with van der Waals surface area (Å²) in [5.41, 5.74) is 1.19. The normalized spacial score (nSPS) is 20.2. The van der Waals surface area contributed by atoms with Gasteiger partial charge in [-0.15, -0.1) is 0 Å². The average Bonchev–Trinajstić information content (AvgIpc) is 2.97. The molecule has 2 rings (SSSR count). The zero-order valence-electron chi connectivity index (χ0n) is 11.9. The Morgan fingerprint density at radius 3 is 2.79 bits per heavy atom.